The minimum Gasteiger partial charge on any atom is -0.346 e. The molecule has 0 aromatic heterocycles. The van der Waals surface area contributed by atoms with E-state index in [0.29, 0.717) is 14.9 Å². The molecule has 2 rings (SSSR count). The van der Waals surface area contributed by atoms with Gasteiger partial charge in [-0.05, 0) is 30.3 Å². The van der Waals surface area contributed by atoms with Crippen molar-refractivity contribution in [3.63, 3.8) is 0 Å². The molecule has 2 aromatic carbocycles. The molecule has 2 aromatic rings. The lowest BCUT2D eigenvalue weighted by Gasteiger charge is -2.08. The van der Waals surface area contributed by atoms with Crippen LogP contribution in [0, 0.1) is 11.6 Å². The topological polar surface area (TPSA) is 58.2 Å². The van der Waals surface area contributed by atoms with Gasteiger partial charge in [0.05, 0.1) is 17.3 Å². The number of amides is 2. The fraction of sp³-hybridized carbons (Fsp3) is 0.125. The fourth-order valence-electron chi connectivity index (χ4n) is 1.74. The predicted octanol–water partition coefficient (Wildman–Crippen LogP) is 4.12. The van der Waals surface area contributed by atoms with Crippen molar-refractivity contribution < 1.29 is 18.4 Å². The van der Waals surface area contributed by atoms with Crippen LogP contribution >= 0.6 is 35.0 Å². The van der Waals surface area contributed by atoms with Crippen LogP contribution in [0.5, 0.6) is 0 Å². The van der Waals surface area contributed by atoms with E-state index < -0.39 is 17.5 Å². The molecular formula is C16H12Cl2F2N2O2S. The van der Waals surface area contributed by atoms with Gasteiger partial charge in [0.1, 0.15) is 0 Å². The highest BCUT2D eigenvalue weighted by Crippen LogP contribution is 2.29. The number of hydrogen-bond donors (Lipinski definition) is 2. The third-order valence-corrected chi connectivity index (χ3v) is 4.63. The Morgan fingerprint density at radius 1 is 1.00 bits per heavy atom. The second kappa shape index (κ2) is 9.03. The van der Waals surface area contributed by atoms with Crippen molar-refractivity contribution in [2.45, 2.75) is 4.90 Å². The molecule has 2 amide bonds. The van der Waals surface area contributed by atoms with Gasteiger partial charge in [0, 0.05) is 21.7 Å². The first-order valence-corrected chi connectivity index (χ1v) is 8.69. The summed E-state index contributed by atoms with van der Waals surface area (Å²) in [5.74, 6) is -3.00. The summed E-state index contributed by atoms with van der Waals surface area (Å²) >= 11 is 13.0. The van der Waals surface area contributed by atoms with Gasteiger partial charge in [-0.2, -0.15) is 0 Å². The van der Waals surface area contributed by atoms with E-state index in [2.05, 4.69) is 10.6 Å². The van der Waals surface area contributed by atoms with Crippen LogP contribution in [0.2, 0.25) is 10.0 Å². The average Bonchev–Trinajstić information content (AvgIpc) is 2.57. The van der Waals surface area contributed by atoms with Crippen molar-refractivity contribution >= 4 is 52.5 Å². The number of carbonyl (C=O) groups is 2. The molecule has 132 valence electrons. The Labute approximate surface area is 156 Å². The molecule has 9 heteroatoms. The van der Waals surface area contributed by atoms with E-state index in [1.165, 1.54) is 17.8 Å². The Balaban J connectivity index is 1.78. The molecule has 0 unspecified atom stereocenters. The van der Waals surface area contributed by atoms with Gasteiger partial charge in [0.2, 0.25) is 11.8 Å². The second-order valence-electron chi connectivity index (χ2n) is 4.82. The van der Waals surface area contributed by atoms with E-state index in [9.17, 15) is 18.4 Å². The molecule has 0 fully saturated rings. The lowest BCUT2D eigenvalue weighted by molar-refractivity contribution is -0.122. The second-order valence-corrected chi connectivity index (χ2v) is 6.68. The number of rotatable bonds is 6. The van der Waals surface area contributed by atoms with Crippen LogP contribution in [0.25, 0.3) is 0 Å². The Kier molecular flexibility index (Phi) is 7.04. The number of anilines is 1. The quantitative estimate of drug-likeness (QED) is 0.711. The van der Waals surface area contributed by atoms with Crippen LogP contribution in [0.15, 0.2) is 41.3 Å². The molecule has 0 saturated carbocycles. The van der Waals surface area contributed by atoms with E-state index in [0.717, 1.165) is 12.1 Å². The van der Waals surface area contributed by atoms with Crippen LogP contribution in [0.1, 0.15) is 0 Å². The number of thioether (sulfide) groups is 1. The van der Waals surface area contributed by atoms with E-state index >= 15 is 0 Å². The number of carbonyl (C=O) groups excluding carboxylic acids is 2. The van der Waals surface area contributed by atoms with E-state index in [1.54, 1.807) is 18.2 Å². The summed E-state index contributed by atoms with van der Waals surface area (Å²) in [5.41, 5.74) is 0.0956. The van der Waals surface area contributed by atoms with Gasteiger partial charge in [0.25, 0.3) is 0 Å². The third-order valence-electron chi connectivity index (χ3n) is 2.90. The Morgan fingerprint density at radius 2 is 1.76 bits per heavy atom. The molecule has 0 spiro atoms. The first-order valence-electron chi connectivity index (χ1n) is 6.94. The summed E-state index contributed by atoms with van der Waals surface area (Å²) in [5, 5.41) is 5.74. The van der Waals surface area contributed by atoms with Gasteiger partial charge in [-0.3, -0.25) is 9.59 Å². The van der Waals surface area contributed by atoms with Crippen molar-refractivity contribution in [3.8, 4) is 0 Å². The smallest absolute Gasteiger partial charge is 0.243 e. The maximum absolute atomic E-state index is 13.0. The highest BCUT2D eigenvalue weighted by molar-refractivity contribution is 8.00. The lowest BCUT2D eigenvalue weighted by atomic mass is 10.3. The Hall–Kier alpha value is -1.83. The zero-order valence-electron chi connectivity index (χ0n) is 12.6. The van der Waals surface area contributed by atoms with Crippen molar-refractivity contribution in [2.24, 2.45) is 0 Å². The minimum atomic E-state index is -1.07. The van der Waals surface area contributed by atoms with Gasteiger partial charge in [0.15, 0.2) is 11.6 Å². The Bertz CT molecular complexity index is 806. The first kappa shape index (κ1) is 19.5. The van der Waals surface area contributed by atoms with Gasteiger partial charge >= 0.3 is 0 Å². The zero-order chi connectivity index (χ0) is 18.4. The summed E-state index contributed by atoms with van der Waals surface area (Å²) in [6.07, 6.45) is 0. The van der Waals surface area contributed by atoms with Crippen molar-refractivity contribution in [1.82, 2.24) is 5.32 Å². The molecule has 0 heterocycles. The van der Waals surface area contributed by atoms with Crippen LogP contribution in [0.3, 0.4) is 0 Å². The summed E-state index contributed by atoms with van der Waals surface area (Å²) < 4.78 is 25.9. The van der Waals surface area contributed by atoms with Gasteiger partial charge in [-0.25, -0.2) is 8.78 Å². The molecule has 2 N–H and O–H groups in total. The number of nitrogens with one attached hydrogen (secondary N) is 2. The van der Waals surface area contributed by atoms with Crippen LogP contribution < -0.4 is 10.6 Å². The molecule has 25 heavy (non-hydrogen) atoms. The molecule has 4 nitrogen and oxygen atoms in total. The van der Waals surface area contributed by atoms with E-state index in [-0.39, 0.29) is 23.9 Å². The summed E-state index contributed by atoms with van der Waals surface area (Å²) in [7, 11) is 0. The molecule has 0 aliphatic heterocycles. The highest BCUT2D eigenvalue weighted by Gasteiger charge is 2.10. The molecule has 0 bridgehead atoms. The van der Waals surface area contributed by atoms with Gasteiger partial charge < -0.3 is 10.6 Å². The third kappa shape index (κ3) is 6.19. The monoisotopic (exact) mass is 404 g/mol. The van der Waals surface area contributed by atoms with Crippen LogP contribution in [-0.2, 0) is 9.59 Å². The summed E-state index contributed by atoms with van der Waals surface area (Å²) in [6, 6.07) is 7.86. The van der Waals surface area contributed by atoms with Crippen molar-refractivity contribution in [1.29, 1.82) is 0 Å². The largest absolute Gasteiger partial charge is 0.346 e. The standard InChI is InChI=1S/C16H12Cl2F2N2O2S/c17-9-1-3-11(18)14(5-9)25-8-16(24)21-7-15(23)22-10-2-4-12(19)13(20)6-10/h1-6H,7-8H2,(H,21,24)(H,22,23). The summed E-state index contributed by atoms with van der Waals surface area (Å²) in [6.45, 7) is -0.304. The first-order chi connectivity index (χ1) is 11.8. The summed E-state index contributed by atoms with van der Waals surface area (Å²) in [4.78, 5) is 24.1. The molecule has 0 aliphatic carbocycles. The van der Waals surface area contributed by atoms with E-state index in [1.807, 2.05) is 0 Å². The molecular weight excluding hydrogens is 393 g/mol. The minimum absolute atomic E-state index is 0.0402. The molecule has 0 radical (unpaired) electrons. The number of benzene rings is 2. The maximum Gasteiger partial charge on any atom is 0.243 e. The van der Waals surface area contributed by atoms with Crippen molar-refractivity contribution in [3.05, 3.63) is 58.1 Å². The van der Waals surface area contributed by atoms with Crippen LogP contribution in [0.4, 0.5) is 14.5 Å². The number of hydrogen-bond acceptors (Lipinski definition) is 3. The number of halogens is 4. The van der Waals surface area contributed by atoms with Crippen LogP contribution in [-0.4, -0.2) is 24.1 Å². The SMILES string of the molecule is O=C(CSc1cc(Cl)ccc1Cl)NCC(=O)Nc1ccc(F)c(F)c1. The average molecular weight is 405 g/mol. The maximum atomic E-state index is 13.0. The fourth-order valence-corrected chi connectivity index (χ4v) is 3.06. The Morgan fingerprint density at radius 3 is 2.48 bits per heavy atom. The normalized spacial score (nSPS) is 10.4. The lowest BCUT2D eigenvalue weighted by Crippen LogP contribution is -2.33. The highest BCUT2D eigenvalue weighted by atomic mass is 35.5. The molecule has 0 atom stereocenters. The van der Waals surface area contributed by atoms with Crippen molar-refractivity contribution in [2.75, 3.05) is 17.6 Å². The zero-order valence-corrected chi connectivity index (χ0v) is 14.9. The van der Waals surface area contributed by atoms with E-state index in [4.69, 9.17) is 23.2 Å². The van der Waals surface area contributed by atoms with Gasteiger partial charge in [-0.1, -0.05) is 23.2 Å². The molecule has 0 saturated heterocycles. The predicted molar refractivity (Wildman–Crippen MR) is 95.2 cm³/mol. The molecule has 0 aliphatic rings. The van der Waals surface area contributed by atoms with Gasteiger partial charge in [-0.15, -0.1) is 11.8 Å².